The van der Waals surface area contributed by atoms with E-state index in [1.807, 2.05) is 22.9 Å². The Morgan fingerprint density at radius 1 is 1.08 bits per heavy atom. The van der Waals surface area contributed by atoms with Gasteiger partial charge < -0.3 is 15.8 Å². The van der Waals surface area contributed by atoms with Crippen LogP contribution in [0.1, 0.15) is 24.1 Å². The monoisotopic (exact) mass is 346 g/mol. The Balaban J connectivity index is 1.38. The van der Waals surface area contributed by atoms with Gasteiger partial charge in [-0.05, 0) is 25.0 Å². The van der Waals surface area contributed by atoms with Gasteiger partial charge in [-0.3, -0.25) is 4.68 Å². The Bertz CT molecular complexity index is 928. The first kappa shape index (κ1) is 15.5. The van der Waals surface area contributed by atoms with E-state index in [9.17, 15) is 0 Å². The average molecular weight is 346 g/mol. The van der Waals surface area contributed by atoms with Gasteiger partial charge in [0, 0.05) is 35.0 Å². The van der Waals surface area contributed by atoms with E-state index < -0.39 is 0 Å². The number of rotatable bonds is 3. The van der Waals surface area contributed by atoms with E-state index in [-0.39, 0.29) is 0 Å². The quantitative estimate of drug-likeness (QED) is 0.763. The Morgan fingerprint density at radius 3 is 2.73 bits per heavy atom. The highest BCUT2D eigenvalue weighted by Gasteiger charge is 2.26. The summed E-state index contributed by atoms with van der Waals surface area (Å²) >= 11 is 0. The highest BCUT2D eigenvalue weighted by molar-refractivity contribution is 5.59. The third kappa shape index (κ3) is 2.84. The number of fused-ring (bicyclic) bond motifs is 2. The summed E-state index contributed by atoms with van der Waals surface area (Å²) in [5.41, 5.74) is 11.3. The van der Waals surface area contributed by atoms with Crippen LogP contribution in [0.15, 0.2) is 54.6 Å². The second kappa shape index (κ2) is 6.18. The second-order valence-corrected chi connectivity index (χ2v) is 7.23. The van der Waals surface area contributed by atoms with Crippen LogP contribution in [0.3, 0.4) is 0 Å². The zero-order chi connectivity index (χ0) is 17.5. The van der Waals surface area contributed by atoms with Gasteiger partial charge in [0.05, 0.1) is 17.9 Å². The largest absolute Gasteiger partial charge is 0.487 e. The van der Waals surface area contributed by atoms with Gasteiger partial charge in [0.25, 0.3) is 0 Å². The summed E-state index contributed by atoms with van der Waals surface area (Å²) in [5.74, 6) is 0.936. The molecule has 0 spiro atoms. The molecule has 5 rings (SSSR count). The number of nitrogens with two attached hydrogens (primary N) is 1. The number of benzene rings is 2. The van der Waals surface area contributed by atoms with Crippen molar-refractivity contribution in [1.82, 2.24) is 9.78 Å². The fourth-order valence-corrected chi connectivity index (χ4v) is 3.70. The van der Waals surface area contributed by atoms with Crippen LogP contribution in [0.5, 0.6) is 5.75 Å². The summed E-state index contributed by atoms with van der Waals surface area (Å²) in [6.07, 6.45) is 2.07. The van der Waals surface area contributed by atoms with Crippen molar-refractivity contribution in [1.29, 1.82) is 0 Å². The Labute approximate surface area is 152 Å². The number of nitrogens with zero attached hydrogens (tertiary/aromatic N) is 2. The first-order chi connectivity index (χ1) is 12.7. The van der Waals surface area contributed by atoms with Crippen LogP contribution in [-0.2, 0) is 13.2 Å². The number of nitrogens with one attached hydrogen (secondary N) is 1. The van der Waals surface area contributed by atoms with Crippen molar-refractivity contribution in [2.24, 2.45) is 5.73 Å². The van der Waals surface area contributed by atoms with Crippen LogP contribution in [0.2, 0.25) is 0 Å². The van der Waals surface area contributed by atoms with Gasteiger partial charge in [-0.15, -0.1) is 0 Å². The zero-order valence-corrected chi connectivity index (χ0v) is 14.6. The summed E-state index contributed by atoms with van der Waals surface area (Å²) in [6, 6.07) is 19.6. The van der Waals surface area contributed by atoms with Gasteiger partial charge in [-0.2, -0.15) is 5.10 Å². The molecule has 1 fully saturated rings. The Morgan fingerprint density at radius 2 is 1.92 bits per heavy atom. The predicted molar refractivity (Wildman–Crippen MR) is 102 cm³/mol. The maximum atomic E-state index is 6.09. The standard InChI is InChI=1S/C21H22N4O/c22-16-8-18(9-16)23-17-7-6-15-12-25-19(13-26-21(15)10-17)11-20(24-25)14-4-2-1-3-5-14/h1-7,10-11,16,18,23H,8-9,12-13,22H2/t16-,18-. The minimum Gasteiger partial charge on any atom is -0.487 e. The van der Waals surface area contributed by atoms with Gasteiger partial charge in [0.2, 0.25) is 0 Å². The molecule has 26 heavy (non-hydrogen) atoms. The van der Waals surface area contributed by atoms with Crippen molar-refractivity contribution in [3.8, 4) is 17.0 Å². The third-order valence-corrected chi connectivity index (χ3v) is 5.24. The summed E-state index contributed by atoms with van der Waals surface area (Å²) in [4.78, 5) is 0. The first-order valence-electron chi connectivity index (χ1n) is 9.14. The molecule has 5 nitrogen and oxygen atoms in total. The van der Waals surface area contributed by atoms with Crippen molar-refractivity contribution >= 4 is 5.69 Å². The van der Waals surface area contributed by atoms with E-state index in [1.54, 1.807) is 0 Å². The van der Waals surface area contributed by atoms with E-state index in [0.717, 1.165) is 53.3 Å². The molecule has 2 aromatic carbocycles. The fourth-order valence-electron chi connectivity index (χ4n) is 3.70. The molecular weight excluding hydrogens is 324 g/mol. The average Bonchev–Trinajstić information content (AvgIpc) is 2.96. The maximum absolute atomic E-state index is 6.09. The highest BCUT2D eigenvalue weighted by Crippen LogP contribution is 2.31. The van der Waals surface area contributed by atoms with Crippen molar-refractivity contribution in [3.63, 3.8) is 0 Å². The van der Waals surface area contributed by atoms with Gasteiger partial charge in [0.15, 0.2) is 0 Å². The van der Waals surface area contributed by atoms with Gasteiger partial charge in [0.1, 0.15) is 12.4 Å². The Hall–Kier alpha value is -2.79. The molecule has 5 heteroatoms. The van der Waals surface area contributed by atoms with Crippen molar-refractivity contribution in [3.05, 3.63) is 65.9 Å². The number of aromatic nitrogens is 2. The molecule has 1 aliphatic heterocycles. The van der Waals surface area contributed by atoms with Crippen LogP contribution in [0.4, 0.5) is 5.69 Å². The van der Waals surface area contributed by atoms with Crippen LogP contribution < -0.4 is 15.8 Å². The van der Waals surface area contributed by atoms with Gasteiger partial charge in [-0.1, -0.05) is 36.4 Å². The molecule has 0 atom stereocenters. The molecule has 0 amide bonds. The second-order valence-electron chi connectivity index (χ2n) is 7.23. The first-order valence-corrected chi connectivity index (χ1v) is 9.14. The lowest BCUT2D eigenvalue weighted by Gasteiger charge is -2.33. The third-order valence-electron chi connectivity index (χ3n) is 5.24. The predicted octanol–water partition coefficient (Wildman–Crippen LogP) is 3.39. The van der Waals surface area contributed by atoms with E-state index in [1.165, 1.54) is 0 Å². The Kier molecular flexibility index (Phi) is 3.68. The minimum absolute atomic E-state index is 0.348. The van der Waals surface area contributed by atoms with Crippen molar-refractivity contribution in [2.45, 2.75) is 38.1 Å². The molecule has 0 radical (unpaired) electrons. The molecule has 0 saturated heterocycles. The maximum Gasteiger partial charge on any atom is 0.130 e. The molecule has 1 aromatic heterocycles. The van der Waals surface area contributed by atoms with E-state index in [4.69, 9.17) is 15.6 Å². The smallest absolute Gasteiger partial charge is 0.130 e. The molecular formula is C21H22N4O. The molecule has 1 saturated carbocycles. The lowest BCUT2D eigenvalue weighted by molar-refractivity contribution is 0.301. The highest BCUT2D eigenvalue weighted by atomic mass is 16.5. The summed E-state index contributed by atoms with van der Waals surface area (Å²) in [7, 11) is 0. The van der Waals surface area contributed by atoms with Gasteiger partial charge in [-0.25, -0.2) is 0 Å². The molecule has 0 unspecified atom stereocenters. The lowest BCUT2D eigenvalue weighted by Crippen LogP contribution is -2.44. The SMILES string of the molecule is N[C@H]1C[C@H](Nc2ccc3c(c2)OCc2cc(-c4ccccc4)nn2C3)C1. The summed E-state index contributed by atoms with van der Waals surface area (Å²) in [5, 5.41) is 8.33. The number of hydrogen-bond donors (Lipinski definition) is 2. The van der Waals surface area contributed by atoms with Crippen LogP contribution in [-0.4, -0.2) is 21.9 Å². The van der Waals surface area contributed by atoms with E-state index in [2.05, 4.69) is 41.7 Å². The number of anilines is 1. The minimum atomic E-state index is 0.348. The van der Waals surface area contributed by atoms with Crippen LogP contribution in [0.25, 0.3) is 11.3 Å². The summed E-state index contributed by atoms with van der Waals surface area (Å²) < 4.78 is 8.14. The summed E-state index contributed by atoms with van der Waals surface area (Å²) in [6.45, 7) is 1.26. The number of ether oxygens (including phenoxy) is 1. The van der Waals surface area contributed by atoms with Crippen LogP contribution >= 0.6 is 0 Å². The molecule has 0 bridgehead atoms. The number of hydrogen-bond acceptors (Lipinski definition) is 4. The lowest BCUT2D eigenvalue weighted by atomic mass is 9.87. The van der Waals surface area contributed by atoms with Gasteiger partial charge >= 0.3 is 0 Å². The molecule has 1 aliphatic carbocycles. The molecule has 2 aliphatic rings. The topological polar surface area (TPSA) is 65.1 Å². The molecule has 3 N–H and O–H groups in total. The molecule has 132 valence electrons. The van der Waals surface area contributed by atoms with Crippen molar-refractivity contribution < 1.29 is 4.74 Å². The van der Waals surface area contributed by atoms with E-state index >= 15 is 0 Å². The van der Waals surface area contributed by atoms with Crippen molar-refractivity contribution in [2.75, 3.05) is 5.32 Å². The molecule has 2 heterocycles. The molecule has 3 aromatic rings. The normalized spacial score (nSPS) is 21.0. The fraction of sp³-hybridized carbons (Fsp3) is 0.286. The zero-order valence-electron chi connectivity index (χ0n) is 14.6. The van der Waals surface area contributed by atoms with Crippen LogP contribution in [0, 0.1) is 0 Å². The van der Waals surface area contributed by atoms with E-state index in [0.29, 0.717) is 18.7 Å².